The Kier molecular flexibility index (Phi) is 11.5. The summed E-state index contributed by atoms with van der Waals surface area (Å²) in [7, 11) is 0. The average Bonchev–Trinajstić information content (AvgIpc) is 1.90. The quantitative estimate of drug-likeness (QED) is 0.152. The van der Waals surface area contributed by atoms with Crippen LogP contribution in [0.4, 0.5) is 0 Å². The summed E-state index contributed by atoms with van der Waals surface area (Å²) in [6.07, 6.45) is 0. The highest BCUT2D eigenvalue weighted by molar-refractivity contribution is 6.31. The molecule has 0 spiro atoms. The lowest BCUT2D eigenvalue weighted by Crippen LogP contribution is -2.09. The maximum atomic E-state index is 11.6. The molecule has 15 rings (SSSR count). The van der Waals surface area contributed by atoms with Gasteiger partial charge in [0.25, 0.3) is 0 Å². The molecule has 0 saturated heterocycles. The minimum absolute atomic E-state index is 0.361. The molecule has 15 aromatic rings. The van der Waals surface area contributed by atoms with Gasteiger partial charge in [-0.05, 0) is 122 Å². The van der Waals surface area contributed by atoms with E-state index in [4.69, 9.17) is 4.42 Å². The molecule has 12 aromatic carbocycles. The largest absolute Gasteiger partial charge is 0.455 e. The van der Waals surface area contributed by atoms with Gasteiger partial charge in [0.2, 0.25) is 0 Å². The molecule has 0 N–H and O–H groups in total. The van der Waals surface area contributed by atoms with Crippen molar-refractivity contribution in [3.05, 3.63) is 276 Å². The Morgan fingerprint density at radius 3 is 1.00 bits per heavy atom. The molecule has 390 valence electrons. The fourth-order valence-corrected chi connectivity index (χ4v) is 13.3. The number of benzene rings is 12. The number of aromatic nitrogens is 2. The van der Waals surface area contributed by atoms with Gasteiger partial charge in [0.1, 0.15) is 11.2 Å². The Morgan fingerprint density at radius 2 is 0.614 bits per heavy atom. The summed E-state index contributed by atoms with van der Waals surface area (Å²) in [5.74, 6) is 0. The first-order valence-corrected chi connectivity index (χ1v) is 28.2. The van der Waals surface area contributed by atoms with E-state index in [2.05, 4.69) is 267 Å². The van der Waals surface area contributed by atoms with Crippen molar-refractivity contribution in [2.45, 2.75) is 27.7 Å². The number of nitriles is 2. The number of rotatable bonds is 8. The summed E-state index contributed by atoms with van der Waals surface area (Å²) in [5.41, 5.74) is 23.3. The molecule has 0 aliphatic carbocycles. The van der Waals surface area contributed by atoms with Crippen LogP contribution < -0.4 is 0 Å². The van der Waals surface area contributed by atoms with Crippen molar-refractivity contribution in [3.8, 4) is 90.3 Å². The van der Waals surface area contributed by atoms with Gasteiger partial charge in [-0.15, -0.1) is 0 Å². The zero-order chi connectivity index (χ0) is 56.0. The van der Waals surface area contributed by atoms with E-state index in [1.807, 2.05) is 24.3 Å². The second kappa shape index (κ2) is 19.4. The second-order valence-corrected chi connectivity index (χ2v) is 22.0. The maximum absolute atomic E-state index is 11.6. The van der Waals surface area contributed by atoms with E-state index in [0.29, 0.717) is 33.4 Å². The summed E-state index contributed by atoms with van der Waals surface area (Å²) in [4.78, 5) is 0. The molecule has 0 radical (unpaired) electrons. The molecule has 0 atom stereocenters. The van der Waals surface area contributed by atoms with Crippen LogP contribution in [0, 0.1) is 50.4 Å². The van der Waals surface area contributed by atoms with Crippen LogP contribution in [-0.4, -0.2) is 9.13 Å². The lowest BCUT2D eigenvalue weighted by atomic mass is 9.79. The lowest BCUT2D eigenvalue weighted by molar-refractivity contribution is 0.671. The van der Waals surface area contributed by atoms with Crippen LogP contribution in [0.15, 0.2) is 247 Å². The monoisotopic (exact) mass is 1060 g/mol. The molecule has 5 nitrogen and oxygen atoms in total. The molecule has 0 aliphatic rings. The molecule has 0 fully saturated rings. The van der Waals surface area contributed by atoms with Crippen LogP contribution in [0.25, 0.3) is 144 Å². The Hall–Kier alpha value is -11.0. The predicted octanol–water partition coefficient (Wildman–Crippen LogP) is 20.8. The third-order valence-corrected chi connectivity index (χ3v) is 16.8. The van der Waals surface area contributed by atoms with Crippen molar-refractivity contribution in [3.63, 3.8) is 0 Å². The van der Waals surface area contributed by atoms with Gasteiger partial charge in [-0.2, -0.15) is 10.5 Å². The highest BCUT2D eigenvalue weighted by atomic mass is 16.3. The predicted molar refractivity (Wildman–Crippen MR) is 343 cm³/mol. The highest BCUT2D eigenvalue weighted by Gasteiger charge is 2.37. The molecule has 0 unspecified atom stereocenters. The van der Waals surface area contributed by atoms with Crippen LogP contribution in [0.2, 0.25) is 0 Å². The fraction of sp³-hybridized carbons (Fsp3) is 0.0513. The summed E-state index contributed by atoms with van der Waals surface area (Å²) < 4.78 is 13.2. The molecule has 0 saturated carbocycles. The van der Waals surface area contributed by atoms with Crippen molar-refractivity contribution < 1.29 is 4.42 Å². The van der Waals surface area contributed by atoms with Gasteiger partial charge < -0.3 is 13.6 Å². The third-order valence-electron chi connectivity index (χ3n) is 16.8. The van der Waals surface area contributed by atoms with Crippen LogP contribution in [-0.2, 0) is 0 Å². The first-order chi connectivity index (χ1) is 40.8. The van der Waals surface area contributed by atoms with E-state index in [1.54, 1.807) is 0 Å². The topological polar surface area (TPSA) is 70.6 Å². The Bertz CT molecular complexity index is 5080. The van der Waals surface area contributed by atoms with Crippen LogP contribution in [0.1, 0.15) is 33.4 Å². The first-order valence-electron chi connectivity index (χ1n) is 28.2. The van der Waals surface area contributed by atoms with Crippen LogP contribution in [0.5, 0.6) is 0 Å². The molecular formula is C78H52N4O. The SMILES string of the molecule is Cc1ccc2c(c1)c1cc(C)ccc1n2-c1c(-c2ccccc2)c(-c2c(C#N)cccc2C#N)c2oc3c(-c4ccccc4)c(-c4ccccc4)c(-c4ccccc4)c(-c4ccccc4)c3c2c1-n1c2ccc(C)cc2c2cc(C)ccc21. The zero-order valence-corrected chi connectivity index (χ0v) is 46.3. The van der Waals surface area contributed by atoms with Gasteiger partial charge in [-0.3, -0.25) is 0 Å². The Morgan fingerprint density at radius 1 is 0.289 bits per heavy atom. The number of nitrogens with zero attached hydrogens (tertiary/aromatic N) is 4. The van der Waals surface area contributed by atoms with Crippen molar-refractivity contribution >= 4 is 65.6 Å². The summed E-state index contributed by atoms with van der Waals surface area (Å²) >= 11 is 0. The van der Waals surface area contributed by atoms with Crippen molar-refractivity contribution in [2.75, 3.05) is 0 Å². The summed E-state index contributed by atoms with van der Waals surface area (Å²) in [6, 6.07) is 91.3. The van der Waals surface area contributed by atoms with Crippen molar-refractivity contribution in [1.29, 1.82) is 10.5 Å². The summed E-state index contributed by atoms with van der Waals surface area (Å²) in [6.45, 7) is 8.66. The number of furan rings is 1. The van der Waals surface area contributed by atoms with E-state index in [-0.39, 0.29) is 0 Å². The molecule has 0 amide bonds. The van der Waals surface area contributed by atoms with Crippen LogP contribution >= 0.6 is 0 Å². The molecular weight excluding hydrogens is 1010 g/mol. The van der Waals surface area contributed by atoms with Crippen molar-refractivity contribution in [2.24, 2.45) is 0 Å². The maximum Gasteiger partial charge on any atom is 0.146 e. The minimum atomic E-state index is 0.361. The van der Waals surface area contributed by atoms with Crippen molar-refractivity contribution in [1.82, 2.24) is 9.13 Å². The molecule has 0 aliphatic heterocycles. The van der Waals surface area contributed by atoms with Gasteiger partial charge in [0.15, 0.2) is 0 Å². The fourth-order valence-electron chi connectivity index (χ4n) is 13.3. The van der Waals surface area contributed by atoms with E-state index in [1.165, 1.54) is 0 Å². The number of aryl methyl sites for hydroxylation is 4. The lowest BCUT2D eigenvalue weighted by Gasteiger charge is -2.26. The molecule has 0 bridgehead atoms. The minimum Gasteiger partial charge on any atom is -0.455 e. The summed E-state index contributed by atoms with van der Waals surface area (Å²) in [5, 5.41) is 29.3. The highest BCUT2D eigenvalue weighted by Crippen LogP contribution is 2.59. The van der Waals surface area contributed by atoms with Gasteiger partial charge in [-0.25, -0.2) is 0 Å². The van der Waals surface area contributed by atoms with E-state index in [0.717, 1.165) is 144 Å². The molecule has 83 heavy (non-hydrogen) atoms. The first kappa shape index (κ1) is 49.1. The number of hydrogen-bond donors (Lipinski definition) is 0. The van der Waals surface area contributed by atoms with E-state index in [9.17, 15) is 10.5 Å². The van der Waals surface area contributed by atoms with Gasteiger partial charge in [0, 0.05) is 60.3 Å². The van der Waals surface area contributed by atoms with Gasteiger partial charge in [0.05, 0.1) is 62.1 Å². The standard InChI is InChI=1S/C78H52N4O/c1-47-33-37-62-58(41-47)59-42-48(2)34-38-63(59)81(62)75-70(54-27-16-8-17-28-54)72(66-56(45-79)31-20-32-57(66)46-80)78-74(76(75)82-64-39-35-49(3)43-60(64)61-44-50(4)36-40-65(61)82)73-69(53-25-14-7-15-26-53)67(51-21-10-5-11-22-51)68(52-23-12-6-13-24-52)71(77(73)83-78)55-29-18-9-19-30-55/h5-44H,1-4H3. The molecule has 3 aromatic heterocycles. The Labute approximate surface area is 481 Å². The molecule has 3 heterocycles. The normalized spacial score (nSPS) is 11.6. The number of hydrogen-bond acceptors (Lipinski definition) is 3. The molecule has 5 heteroatoms. The smallest absolute Gasteiger partial charge is 0.146 e. The van der Waals surface area contributed by atoms with E-state index < -0.39 is 0 Å². The van der Waals surface area contributed by atoms with Gasteiger partial charge >= 0.3 is 0 Å². The average molecular weight is 1060 g/mol. The zero-order valence-electron chi connectivity index (χ0n) is 46.3. The Balaban J connectivity index is 1.37. The van der Waals surface area contributed by atoms with Crippen LogP contribution in [0.3, 0.4) is 0 Å². The van der Waals surface area contributed by atoms with E-state index >= 15 is 0 Å². The number of fused-ring (bicyclic) bond motifs is 9. The third kappa shape index (κ3) is 7.60. The second-order valence-electron chi connectivity index (χ2n) is 22.0. The van der Waals surface area contributed by atoms with Gasteiger partial charge in [-0.1, -0.05) is 204 Å².